The van der Waals surface area contributed by atoms with E-state index in [1.54, 1.807) is 24.3 Å². The minimum atomic E-state index is -0.623. The molecule has 0 spiro atoms. The molecule has 2 aromatic rings. The summed E-state index contributed by atoms with van der Waals surface area (Å²) in [6, 6.07) is 8.99. The van der Waals surface area contributed by atoms with Crippen molar-refractivity contribution < 1.29 is 8.78 Å². The van der Waals surface area contributed by atoms with E-state index in [4.69, 9.17) is 17.3 Å². The van der Waals surface area contributed by atoms with E-state index in [2.05, 4.69) is 15.9 Å². The summed E-state index contributed by atoms with van der Waals surface area (Å²) < 4.78 is 27.7. The monoisotopic (exact) mass is 345 g/mol. The Bertz CT molecular complexity index is 604. The Morgan fingerprint density at radius 3 is 2.53 bits per heavy atom. The Kier molecular flexibility index (Phi) is 4.55. The Morgan fingerprint density at radius 1 is 1.16 bits per heavy atom. The lowest BCUT2D eigenvalue weighted by atomic mass is 9.99. The molecular formula is C14H11BrClF2N. The van der Waals surface area contributed by atoms with E-state index >= 15 is 0 Å². The molecule has 5 heteroatoms. The van der Waals surface area contributed by atoms with Gasteiger partial charge in [0.1, 0.15) is 11.6 Å². The highest BCUT2D eigenvalue weighted by Gasteiger charge is 2.17. The molecule has 0 bridgehead atoms. The van der Waals surface area contributed by atoms with Crippen LogP contribution in [-0.2, 0) is 6.42 Å². The number of hydrogen-bond acceptors (Lipinski definition) is 1. The van der Waals surface area contributed by atoms with Crippen LogP contribution in [0.25, 0.3) is 0 Å². The van der Waals surface area contributed by atoms with Crippen LogP contribution >= 0.6 is 27.5 Å². The predicted octanol–water partition coefficient (Wildman–Crippen LogP) is 4.62. The largest absolute Gasteiger partial charge is 0.324 e. The fourth-order valence-electron chi connectivity index (χ4n) is 1.86. The van der Waals surface area contributed by atoms with Gasteiger partial charge in [0, 0.05) is 16.6 Å². The van der Waals surface area contributed by atoms with Gasteiger partial charge in [0.25, 0.3) is 0 Å². The van der Waals surface area contributed by atoms with Crippen molar-refractivity contribution in [3.63, 3.8) is 0 Å². The Hall–Kier alpha value is -0.970. The van der Waals surface area contributed by atoms with E-state index in [1.807, 2.05) is 0 Å². The fourth-order valence-corrected chi connectivity index (χ4v) is 2.51. The quantitative estimate of drug-likeness (QED) is 0.806. The van der Waals surface area contributed by atoms with Gasteiger partial charge < -0.3 is 5.73 Å². The third kappa shape index (κ3) is 3.14. The van der Waals surface area contributed by atoms with Crippen LogP contribution in [0.3, 0.4) is 0 Å². The van der Waals surface area contributed by atoms with E-state index in [0.717, 1.165) is 0 Å². The molecule has 2 N–H and O–H groups in total. The summed E-state index contributed by atoms with van der Waals surface area (Å²) in [5.41, 5.74) is 6.61. The third-order valence-electron chi connectivity index (χ3n) is 2.87. The minimum Gasteiger partial charge on any atom is -0.324 e. The second-order valence-corrected chi connectivity index (χ2v) is 5.42. The maximum atomic E-state index is 13.9. The van der Waals surface area contributed by atoms with Crippen LogP contribution in [0.1, 0.15) is 17.2 Å². The molecule has 1 unspecified atom stereocenters. The van der Waals surface area contributed by atoms with Crippen molar-refractivity contribution in [2.24, 2.45) is 5.73 Å². The number of halogens is 4. The van der Waals surface area contributed by atoms with Gasteiger partial charge in [-0.2, -0.15) is 0 Å². The van der Waals surface area contributed by atoms with Crippen LogP contribution in [0.4, 0.5) is 8.78 Å². The molecule has 0 amide bonds. The topological polar surface area (TPSA) is 26.0 Å². The number of rotatable bonds is 3. The van der Waals surface area contributed by atoms with Gasteiger partial charge in [0.2, 0.25) is 0 Å². The van der Waals surface area contributed by atoms with Gasteiger partial charge in [0.15, 0.2) is 0 Å². The first-order valence-corrected chi connectivity index (χ1v) is 6.80. The van der Waals surface area contributed by atoms with Crippen molar-refractivity contribution in [1.29, 1.82) is 0 Å². The van der Waals surface area contributed by atoms with Crippen LogP contribution in [0.15, 0.2) is 40.9 Å². The molecule has 19 heavy (non-hydrogen) atoms. The molecular weight excluding hydrogens is 336 g/mol. The molecule has 0 aliphatic carbocycles. The molecule has 0 saturated carbocycles. The average molecular weight is 347 g/mol. The van der Waals surface area contributed by atoms with Crippen LogP contribution < -0.4 is 5.73 Å². The zero-order chi connectivity index (χ0) is 14.0. The van der Waals surface area contributed by atoms with Crippen LogP contribution in [0.5, 0.6) is 0 Å². The normalized spacial score (nSPS) is 12.5. The highest BCUT2D eigenvalue weighted by atomic mass is 79.9. The third-order valence-corrected chi connectivity index (χ3v) is 3.82. The SMILES string of the molecule is NC(Cc1c(F)ccc(Br)c1F)c1ccccc1Cl. The van der Waals surface area contributed by atoms with Gasteiger partial charge in [-0.3, -0.25) is 0 Å². The molecule has 0 saturated heterocycles. The smallest absolute Gasteiger partial charge is 0.143 e. The molecule has 0 aliphatic rings. The lowest BCUT2D eigenvalue weighted by Crippen LogP contribution is -2.15. The number of hydrogen-bond donors (Lipinski definition) is 1. The molecule has 2 rings (SSSR count). The zero-order valence-corrected chi connectivity index (χ0v) is 12.2. The lowest BCUT2D eigenvalue weighted by molar-refractivity contribution is 0.536. The van der Waals surface area contributed by atoms with E-state index < -0.39 is 17.7 Å². The van der Waals surface area contributed by atoms with Crippen molar-refractivity contribution in [2.75, 3.05) is 0 Å². The Labute approximate surface area is 123 Å². The van der Waals surface area contributed by atoms with Crippen LogP contribution in [0, 0.1) is 11.6 Å². The van der Waals surface area contributed by atoms with Gasteiger partial charge in [-0.1, -0.05) is 29.8 Å². The molecule has 0 aromatic heterocycles. The minimum absolute atomic E-state index is 0.0400. The van der Waals surface area contributed by atoms with E-state index in [9.17, 15) is 8.78 Å². The maximum absolute atomic E-state index is 13.9. The summed E-state index contributed by atoms with van der Waals surface area (Å²) in [4.78, 5) is 0. The van der Waals surface area contributed by atoms with Gasteiger partial charge in [-0.25, -0.2) is 8.78 Å². The second kappa shape index (κ2) is 5.99. The highest BCUT2D eigenvalue weighted by Crippen LogP contribution is 2.28. The Morgan fingerprint density at radius 2 is 1.84 bits per heavy atom. The molecule has 100 valence electrons. The molecule has 0 heterocycles. The summed E-state index contributed by atoms with van der Waals surface area (Å²) >= 11 is 9.05. The summed E-state index contributed by atoms with van der Waals surface area (Å²) in [6.07, 6.45) is 0.0425. The van der Waals surface area contributed by atoms with Gasteiger partial charge in [-0.15, -0.1) is 0 Å². The summed E-state index contributed by atoms with van der Waals surface area (Å²) in [7, 11) is 0. The molecule has 1 atom stereocenters. The first-order valence-electron chi connectivity index (χ1n) is 5.63. The Balaban J connectivity index is 2.32. The first kappa shape index (κ1) is 14.4. The number of benzene rings is 2. The van der Waals surface area contributed by atoms with Gasteiger partial charge in [0.05, 0.1) is 4.47 Å². The molecule has 0 aliphatic heterocycles. The van der Waals surface area contributed by atoms with Crippen molar-refractivity contribution >= 4 is 27.5 Å². The fraction of sp³-hybridized carbons (Fsp3) is 0.143. The summed E-state index contributed by atoms with van der Waals surface area (Å²) in [5.74, 6) is -1.23. The molecule has 0 fully saturated rings. The van der Waals surface area contributed by atoms with E-state index in [1.165, 1.54) is 12.1 Å². The molecule has 1 nitrogen and oxygen atoms in total. The zero-order valence-electron chi connectivity index (χ0n) is 9.84. The van der Waals surface area contributed by atoms with Crippen molar-refractivity contribution in [3.8, 4) is 0 Å². The van der Waals surface area contributed by atoms with Gasteiger partial charge in [-0.05, 0) is 46.1 Å². The highest BCUT2D eigenvalue weighted by molar-refractivity contribution is 9.10. The van der Waals surface area contributed by atoms with E-state index in [0.29, 0.717) is 10.6 Å². The second-order valence-electron chi connectivity index (χ2n) is 4.15. The van der Waals surface area contributed by atoms with Crippen molar-refractivity contribution in [1.82, 2.24) is 0 Å². The van der Waals surface area contributed by atoms with Crippen molar-refractivity contribution in [3.05, 3.63) is 68.7 Å². The van der Waals surface area contributed by atoms with Gasteiger partial charge >= 0.3 is 0 Å². The molecule has 0 radical (unpaired) electrons. The lowest BCUT2D eigenvalue weighted by Gasteiger charge is -2.15. The summed E-state index contributed by atoms with van der Waals surface area (Å²) in [6.45, 7) is 0. The maximum Gasteiger partial charge on any atom is 0.143 e. The average Bonchev–Trinajstić information content (AvgIpc) is 2.39. The predicted molar refractivity (Wildman–Crippen MR) is 76.1 cm³/mol. The van der Waals surface area contributed by atoms with E-state index in [-0.39, 0.29) is 16.5 Å². The number of nitrogens with two attached hydrogens (primary N) is 1. The van der Waals surface area contributed by atoms with Crippen LogP contribution in [-0.4, -0.2) is 0 Å². The molecule has 2 aromatic carbocycles. The van der Waals surface area contributed by atoms with Crippen LogP contribution in [0.2, 0.25) is 5.02 Å². The standard InChI is InChI=1S/C14H11BrClF2N/c15-10-5-6-12(17)9(14(10)18)7-13(19)8-3-1-2-4-11(8)16/h1-6,13H,7,19H2. The summed E-state index contributed by atoms with van der Waals surface area (Å²) in [5, 5.41) is 0.491. The van der Waals surface area contributed by atoms with Crippen molar-refractivity contribution in [2.45, 2.75) is 12.5 Å². The first-order chi connectivity index (χ1) is 9.00.